The molecule has 0 saturated carbocycles. The Morgan fingerprint density at radius 3 is 2.57 bits per heavy atom. The Morgan fingerprint density at radius 1 is 1.33 bits per heavy atom. The van der Waals surface area contributed by atoms with Crippen LogP contribution in [0.3, 0.4) is 0 Å². The quantitative estimate of drug-likeness (QED) is 0.621. The highest BCUT2D eigenvalue weighted by Crippen LogP contribution is 2.22. The summed E-state index contributed by atoms with van der Waals surface area (Å²) in [5, 5.41) is 18.8. The molecule has 9 nitrogen and oxygen atoms in total. The predicted octanol–water partition coefficient (Wildman–Crippen LogP) is -1.37. The number of rotatable bonds is 4. The zero-order chi connectivity index (χ0) is 15.4. The number of hydrogen-bond acceptors (Lipinski definition) is 7. The number of piperazine rings is 1. The summed E-state index contributed by atoms with van der Waals surface area (Å²) in [6.07, 6.45) is 0. The number of nitrogen functional groups attached to an aromatic ring is 1. The summed E-state index contributed by atoms with van der Waals surface area (Å²) in [5.74, 6) is -0.905. The number of carboxylic acids is 1. The van der Waals surface area contributed by atoms with E-state index in [2.05, 4.69) is 15.5 Å². The summed E-state index contributed by atoms with van der Waals surface area (Å²) in [5.41, 5.74) is 6.68. The zero-order valence-corrected chi connectivity index (χ0v) is 11.7. The molecule has 4 N–H and O–H groups in total. The van der Waals surface area contributed by atoms with Crippen LogP contribution in [0.1, 0.15) is 10.5 Å². The maximum Gasteiger partial charge on any atom is 0.317 e. The summed E-state index contributed by atoms with van der Waals surface area (Å²) >= 11 is 0. The molecule has 1 aromatic rings. The smallest absolute Gasteiger partial charge is 0.317 e. The molecule has 1 aliphatic heterocycles. The topological polar surface area (TPSA) is 125 Å². The number of carbonyl (C=O) groups is 2. The van der Waals surface area contributed by atoms with Crippen LogP contribution in [-0.4, -0.2) is 71.9 Å². The van der Waals surface area contributed by atoms with Crippen molar-refractivity contribution in [3.63, 3.8) is 0 Å². The summed E-state index contributed by atoms with van der Waals surface area (Å²) in [6, 6.07) is 1.61. The fourth-order valence-corrected chi connectivity index (χ4v) is 2.22. The van der Waals surface area contributed by atoms with Crippen molar-refractivity contribution in [3.05, 3.63) is 11.8 Å². The number of carboxylic acid groups (broad SMARTS) is 1. The largest absolute Gasteiger partial charge is 0.480 e. The van der Waals surface area contributed by atoms with Crippen LogP contribution in [-0.2, 0) is 4.79 Å². The monoisotopic (exact) mass is 294 g/mol. The number of hydrogen-bond donors (Lipinski definition) is 3. The summed E-state index contributed by atoms with van der Waals surface area (Å²) < 4.78 is 0. The number of nitrogens with one attached hydrogen (secondary N) is 1. The molecule has 2 rings (SSSR count). The van der Waals surface area contributed by atoms with Gasteiger partial charge in [0, 0.05) is 33.2 Å². The van der Waals surface area contributed by atoms with Gasteiger partial charge in [-0.15, -0.1) is 10.2 Å². The second kappa shape index (κ2) is 6.35. The predicted molar refractivity (Wildman–Crippen MR) is 76.1 cm³/mol. The molecule has 0 atom stereocenters. The molecular weight excluding hydrogens is 276 g/mol. The van der Waals surface area contributed by atoms with Gasteiger partial charge < -0.3 is 21.1 Å². The molecule has 21 heavy (non-hydrogen) atoms. The van der Waals surface area contributed by atoms with E-state index in [1.165, 1.54) is 7.05 Å². The van der Waals surface area contributed by atoms with Crippen LogP contribution < -0.4 is 16.0 Å². The molecule has 114 valence electrons. The van der Waals surface area contributed by atoms with E-state index in [0.29, 0.717) is 31.9 Å². The third-order valence-electron chi connectivity index (χ3n) is 3.33. The van der Waals surface area contributed by atoms with Gasteiger partial charge in [0.25, 0.3) is 5.91 Å². The lowest BCUT2D eigenvalue weighted by Crippen LogP contribution is -2.48. The fourth-order valence-electron chi connectivity index (χ4n) is 2.22. The van der Waals surface area contributed by atoms with E-state index in [-0.39, 0.29) is 24.0 Å². The molecule has 1 aliphatic rings. The summed E-state index contributed by atoms with van der Waals surface area (Å²) in [6.45, 7) is 2.50. The van der Waals surface area contributed by atoms with Crippen LogP contribution >= 0.6 is 0 Å². The number of aliphatic carboxylic acids is 1. The van der Waals surface area contributed by atoms with Crippen molar-refractivity contribution in [1.29, 1.82) is 0 Å². The Bertz CT molecular complexity index is 542. The highest BCUT2D eigenvalue weighted by atomic mass is 16.4. The van der Waals surface area contributed by atoms with Crippen LogP contribution in [0.2, 0.25) is 0 Å². The minimum atomic E-state index is -0.838. The summed E-state index contributed by atoms with van der Waals surface area (Å²) in [4.78, 5) is 26.1. The zero-order valence-electron chi connectivity index (χ0n) is 11.7. The minimum Gasteiger partial charge on any atom is -0.480 e. The molecule has 1 saturated heterocycles. The lowest BCUT2D eigenvalue weighted by Gasteiger charge is -2.35. The average molecular weight is 294 g/mol. The molecule has 1 aromatic heterocycles. The van der Waals surface area contributed by atoms with E-state index < -0.39 is 5.97 Å². The van der Waals surface area contributed by atoms with Gasteiger partial charge in [0.1, 0.15) is 0 Å². The van der Waals surface area contributed by atoms with Gasteiger partial charge in [-0.3, -0.25) is 14.5 Å². The Morgan fingerprint density at radius 2 is 2.00 bits per heavy atom. The number of nitrogens with two attached hydrogens (primary N) is 1. The number of aromatic nitrogens is 2. The van der Waals surface area contributed by atoms with Crippen molar-refractivity contribution < 1.29 is 14.7 Å². The van der Waals surface area contributed by atoms with Gasteiger partial charge in [0.2, 0.25) is 0 Å². The van der Waals surface area contributed by atoms with Crippen molar-refractivity contribution in [2.24, 2.45) is 0 Å². The SMILES string of the molecule is CNC(=O)c1cc(N2CCN(CC(=O)O)CC2)c(N)nn1. The average Bonchev–Trinajstić information content (AvgIpc) is 2.47. The number of anilines is 2. The van der Waals surface area contributed by atoms with E-state index in [9.17, 15) is 9.59 Å². The van der Waals surface area contributed by atoms with Crippen LogP contribution in [0, 0.1) is 0 Å². The molecule has 0 spiro atoms. The number of nitrogens with zero attached hydrogens (tertiary/aromatic N) is 4. The fraction of sp³-hybridized carbons (Fsp3) is 0.500. The molecule has 0 aromatic carbocycles. The number of amides is 1. The standard InChI is InChI=1S/C12H18N6O3/c1-14-12(21)8-6-9(11(13)16-15-8)18-4-2-17(3-5-18)7-10(19)20/h6H,2-5,7H2,1H3,(H2,13,16)(H,14,21)(H,19,20). The van der Waals surface area contributed by atoms with Crippen molar-refractivity contribution >= 4 is 23.4 Å². The molecule has 9 heteroatoms. The Labute approximate surface area is 121 Å². The van der Waals surface area contributed by atoms with E-state index in [0.717, 1.165) is 0 Å². The molecule has 0 aliphatic carbocycles. The molecular formula is C12H18N6O3. The maximum atomic E-state index is 11.6. The van der Waals surface area contributed by atoms with Gasteiger partial charge in [-0.25, -0.2) is 0 Å². The summed E-state index contributed by atoms with van der Waals surface area (Å²) in [7, 11) is 1.52. The molecule has 0 bridgehead atoms. The molecule has 1 fully saturated rings. The normalized spacial score (nSPS) is 15.8. The highest BCUT2D eigenvalue weighted by Gasteiger charge is 2.22. The maximum absolute atomic E-state index is 11.6. The van der Waals surface area contributed by atoms with Crippen LogP contribution in [0.25, 0.3) is 0 Å². The number of carbonyl (C=O) groups excluding carboxylic acids is 1. The van der Waals surface area contributed by atoms with Crippen molar-refractivity contribution in [1.82, 2.24) is 20.4 Å². The van der Waals surface area contributed by atoms with Gasteiger partial charge in [0.15, 0.2) is 11.5 Å². The van der Waals surface area contributed by atoms with Gasteiger partial charge >= 0.3 is 5.97 Å². The van der Waals surface area contributed by atoms with Crippen LogP contribution in [0.15, 0.2) is 6.07 Å². The lowest BCUT2D eigenvalue weighted by molar-refractivity contribution is -0.138. The Kier molecular flexibility index (Phi) is 4.53. The van der Waals surface area contributed by atoms with Crippen molar-refractivity contribution in [2.75, 3.05) is 50.4 Å². The van der Waals surface area contributed by atoms with Crippen molar-refractivity contribution in [2.45, 2.75) is 0 Å². The van der Waals surface area contributed by atoms with Gasteiger partial charge in [-0.1, -0.05) is 0 Å². The van der Waals surface area contributed by atoms with Gasteiger partial charge in [-0.05, 0) is 6.07 Å². The van der Waals surface area contributed by atoms with E-state index >= 15 is 0 Å². The van der Waals surface area contributed by atoms with E-state index in [4.69, 9.17) is 10.8 Å². The first-order chi connectivity index (χ1) is 10.0. The lowest BCUT2D eigenvalue weighted by atomic mass is 10.2. The first-order valence-corrected chi connectivity index (χ1v) is 6.55. The van der Waals surface area contributed by atoms with Crippen LogP contribution in [0.5, 0.6) is 0 Å². The van der Waals surface area contributed by atoms with E-state index in [1.807, 2.05) is 9.80 Å². The third kappa shape index (κ3) is 3.57. The first kappa shape index (κ1) is 15.0. The molecule has 0 radical (unpaired) electrons. The third-order valence-corrected chi connectivity index (χ3v) is 3.33. The Balaban J connectivity index is 2.09. The van der Waals surface area contributed by atoms with Gasteiger partial charge in [-0.2, -0.15) is 0 Å². The molecule has 2 heterocycles. The molecule has 1 amide bonds. The van der Waals surface area contributed by atoms with Crippen LogP contribution in [0.4, 0.5) is 11.5 Å². The second-order valence-electron chi connectivity index (χ2n) is 4.74. The highest BCUT2D eigenvalue weighted by molar-refractivity contribution is 5.93. The van der Waals surface area contributed by atoms with Gasteiger partial charge in [0.05, 0.1) is 12.2 Å². The van der Waals surface area contributed by atoms with Crippen molar-refractivity contribution in [3.8, 4) is 0 Å². The minimum absolute atomic E-state index is 0.0292. The van der Waals surface area contributed by atoms with E-state index in [1.54, 1.807) is 6.07 Å². The first-order valence-electron chi connectivity index (χ1n) is 6.55. The Hall–Kier alpha value is -2.42. The molecule has 0 unspecified atom stereocenters. The second-order valence-corrected chi connectivity index (χ2v) is 4.74.